The minimum atomic E-state index is -4.42. The number of nitrogens with zero attached hydrogens (tertiary/aromatic N) is 5. The van der Waals surface area contributed by atoms with Gasteiger partial charge in [0.05, 0.1) is 48.3 Å². The summed E-state index contributed by atoms with van der Waals surface area (Å²) in [6, 6.07) is 8.18. The highest BCUT2D eigenvalue weighted by Gasteiger charge is 2.30. The molecule has 0 atom stereocenters. The van der Waals surface area contributed by atoms with Crippen LogP contribution in [0.1, 0.15) is 17.0 Å². The molecule has 34 heavy (non-hydrogen) atoms. The van der Waals surface area contributed by atoms with E-state index in [1.807, 2.05) is 0 Å². The molecular formula is C22H21F4N7O. The molecule has 12 heteroatoms. The van der Waals surface area contributed by atoms with E-state index in [1.54, 1.807) is 24.0 Å². The van der Waals surface area contributed by atoms with E-state index in [9.17, 15) is 17.6 Å². The van der Waals surface area contributed by atoms with Crippen LogP contribution in [-0.4, -0.2) is 47.5 Å². The van der Waals surface area contributed by atoms with Crippen LogP contribution in [0.3, 0.4) is 0 Å². The van der Waals surface area contributed by atoms with Crippen LogP contribution in [0.25, 0.3) is 0 Å². The van der Waals surface area contributed by atoms with Gasteiger partial charge in [-0.15, -0.1) is 0 Å². The Kier molecular flexibility index (Phi) is 6.87. The highest BCUT2D eigenvalue weighted by atomic mass is 19.4. The minimum Gasteiger partial charge on any atom is -0.378 e. The molecule has 0 radical (unpaired) electrons. The summed E-state index contributed by atoms with van der Waals surface area (Å²) in [5, 5.41) is 6.93. The maximum absolute atomic E-state index is 14.5. The zero-order chi connectivity index (χ0) is 24.1. The lowest BCUT2D eigenvalue weighted by molar-refractivity contribution is -0.137. The number of morpholine rings is 1. The number of alkyl halides is 3. The first-order valence-electron chi connectivity index (χ1n) is 10.4. The molecule has 4 rings (SSSR count). The number of anilines is 4. The molecule has 0 aliphatic carbocycles. The summed E-state index contributed by atoms with van der Waals surface area (Å²) in [5.41, 5.74) is 3.41. The second-order valence-corrected chi connectivity index (χ2v) is 7.41. The van der Waals surface area contributed by atoms with Gasteiger partial charge in [-0.25, -0.2) is 14.8 Å². The van der Waals surface area contributed by atoms with Gasteiger partial charge >= 0.3 is 6.18 Å². The largest absolute Gasteiger partial charge is 0.416 e. The Morgan fingerprint density at radius 2 is 1.88 bits per heavy atom. The Bertz CT molecular complexity index is 1160. The Hall–Kier alpha value is -3.80. The predicted molar refractivity (Wildman–Crippen MR) is 120 cm³/mol. The van der Waals surface area contributed by atoms with Crippen molar-refractivity contribution in [3.05, 3.63) is 65.4 Å². The first-order chi connectivity index (χ1) is 16.3. The molecule has 8 nitrogen and oxygen atoms in total. The van der Waals surface area contributed by atoms with Gasteiger partial charge in [0.25, 0.3) is 0 Å². The number of benzene rings is 1. The van der Waals surface area contributed by atoms with E-state index in [2.05, 4.69) is 30.8 Å². The van der Waals surface area contributed by atoms with Gasteiger partial charge in [-0.2, -0.15) is 23.3 Å². The van der Waals surface area contributed by atoms with Gasteiger partial charge < -0.3 is 15.0 Å². The van der Waals surface area contributed by atoms with E-state index < -0.39 is 17.6 Å². The first kappa shape index (κ1) is 23.4. The number of aromatic nitrogens is 3. The fraction of sp³-hybridized carbons (Fsp3) is 0.273. The molecule has 0 amide bonds. The summed E-state index contributed by atoms with van der Waals surface area (Å²) in [4.78, 5) is 14.3. The third-order valence-corrected chi connectivity index (χ3v) is 4.94. The average molecular weight is 475 g/mol. The van der Waals surface area contributed by atoms with Crippen molar-refractivity contribution in [2.75, 3.05) is 41.9 Å². The van der Waals surface area contributed by atoms with Gasteiger partial charge in [-0.05, 0) is 37.3 Å². The zero-order valence-corrected chi connectivity index (χ0v) is 18.1. The maximum Gasteiger partial charge on any atom is 0.416 e. The van der Waals surface area contributed by atoms with Crippen LogP contribution in [0.5, 0.6) is 0 Å². The van der Waals surface area contributed by atoms with E-state index in [0.29, 0.717) is 43.4 Å². The number of ether oxygens (including phenoxy) is 1. The number of hydrogen-bond donors (Lipinski definition) is 2. The molecule has 0 unspecified atom stereocenters. The maximum atomic E-state index is 14.5. The quantitative estimate of drug-likeness (QED) is 0.311. The first-order valence-corrected chi connectivity index (χ1v) is 10.4. The molecule has 0 spiro atoms. The number of pyridine rings is 1. The second-order valence-electron chi connectivity index (χ2n) is 7.41. The van der Waals surface area contributed by atoms with E-state index in [0.717, 1.165) is 12.1 Å². The molecule has 2 N–H and O–H groups in total. The van der Waals surface area contributed by atoms with Crippen LogP contribution in [-0.2, 0) is 10.9 Å². The smallest absolute Gasteiger partial charge is 0.378 e. The summed E-state index contributed by atoms with van der Waals surface area (Å²) >= 11 is 0. The molecule has 0 saturated carbocycles. The van der Waals surface area contributed by atoms with Gasteiger partial charge in [0.15, 0.2) is 11.6 Å². The topological polar surface area (TPSA) is 87.6 Å². The van der Waals surface area contributed by atoms with Crippen LogP contribution in [0.15, 0.2) is 47.7 Å². The highest BCUT2D eigenvalue weighted by molar-refractivity contribution is 5.78. The predicted octanol–water partition coefficient (Wildman–Crippen LogP) is 4.36. The van der Waals surface area contributed by atoms with Crippen LogP contribution >= 0.6 is 0 Å². The van der Waals surface area contributed by atoms with E-state index in [4.69, 9.17) is 4.74 Å². The van der Waals surface area contributed by atoms with E-state index >= 15 is 0 Å². The second kappa shape index (κ2) is 10.00. The highest BCUT2D eigenvalue weighted by Crippen LogP contribution is 2.31. The standard InChI is InChI=1S/C22H21F4N7O/c1-14-19(23)20(33-7-9-34-10-8-33)31-21(29-14)32-28-13-17-5-6-18(12-27-17)30-16-4-2-3-15(11-16)22(24,25)26/h2-6,11-13,30H,7-10H2,1H3,(H,29,31,32)/b28-13+. The Morgan fingerprint density at radius 3 is 2.59 bits per heavy atom. The van der Waals surface area contributed by atoms with Crippen LogP contribution in [0, 0.1) is 12.7 Å². The zero-order valence-electron chi connectivity index (χ0n) is 18.1. The van der Waals surface area contributed by atoms with Crippen molar-refractivity contribution in [3.8, 4) is 0 Å². The number of hydrazone groups is 1. The average Bonchev–Trinajstić information content (AvgIpc) is 2.82. The summed E-state index contributed by atoms with van der Waals surface area (Å²) in [7, 11) is 0. The molecule has 1 aromatic carbocycles. The normalized spacial score (nSPS) is 14.4. The van der Waals surface area contributed by atoms with Gasteiger partial charge in [0, 0.05) is 18.8 Å². The lowest BCUT2D eigenvalue weighted by atomic mass is 10.2. The number of nitrogens with one attached hydrogen (secondary N) is 2. The molecule has 3 heterocycles. The summed E-state index contributed by atoms with van der Waals surface area (Å²) in [6.07, 6.45) is -1.53. The van der Waals surface area contributed by atoms with Gasteiger partial charge in [0.2, 0.25) is 5.95 Å². The van der Waals surface area contributed by atoms with Crippen molar-refractivity contribution in [2.24, 2.45) is 5.10 Å². The van der Waals surface area contributed by atoms with Crippen molar-refractivity contribution in [1.82, 2.24) is 15.0 Å². The molecule has 0 bridgehead atoms. The van der Waals surface area contributed by atoms with Crippen LogP contribution < -0.4 is 15.6 Å². The fourth-order valence-electron chi connectivity index (χ4n) is 3.23. The minimum absolute atomic E-state index is 0.138. The lowest BCUT2D eigenvalue weighted by Crippen LogP contribution is -2.37. The number of halogens is 4. The van der Waals surface area contributed by atoms with Crippen molar-refractivity contribution in [1.29, 1.82) is 0 Å². The third-order valence-electron chi connectivity index (χ3n) is 4.94. The van der Waals surface area contributed by atoms with E-state index in [1.165, 1.54) is 24.5 Å². The molecular weight excluding hydrogens is 454 g/mol. The van der Waals surface area contributed by atoms with E-state index in [-0.39, 0.29) is 17.5 Å². The fourth-order valence-corrected chi connectivity index (χ4v) is 3.23. The van der Waals surface area contributed by atoms with Gasteiger partial charge in [-0.1, -0.05) is 6.07 Å². The molecule has 1 aliphatic rings. The number of hydrogen-bond acceptors (Lipinski definition) is 8. The van der Waals surface area contributed by atoms with Gasteiger partial charge in [0.1, 0.15) is 0 Å². The number of aryl methyl sites for hydroxylation is 1. The molecule has 2 aromatic heterocycles. The van der Waals surface area contributed by atoms with Crippen molar-refractivity contribution in [2.45, 2.75) is 13.1 Å². The van der Waals surface area contributed by atoms with Crippen molar-refractivity contribution >= 4 is 29.4 Å². The van der Waals surface area contributed by atoms with Gasteiger partial charge in [-0.3, -0.25) is 4.98 Å². The monoisotopic (exact) mass is 475 g/mol. The number of rotatable bonds is 6. The molecule has 1 aliphatic heterocycles. The van der Waals surface area contributed by atoms with Crippen LogP contribution in [0.2, 0.25) is 0 Å². The summed E-state index contributed by atoms with van der Waals surface area (Å²) in [6.45, 7) is 3.59. The lowest BCUT2D eigenvalue weighted by Gasteiger charge is -2.28. The summed E-state index contributed by atoms with van der Waals surface area (Å²) < 4.78 is 58.4. The SMILES string of the molecule is Cc1nc(N/N=C/c2ccc(Nc3cccc(C(F)(F)F)c3)cn2)nc(N2CCOCC2)c1F. The third kappa shape index (κ3) is 5.76. The Morgan fingerprint density at radius 1 is 1.09 bits per heavy atom. The molecule has 178 valence electrons. The molecule has 3 aromatic rings. The van der Waals surface area contributed by atoms with Crippen molar-refractivity contribution in [3.63, 3.8) is 0 Å². The van der Waals surface area contributed by atoms with Crippen LogP contribution in [0.4, 0.5) is 40.7 Å². The van der Waals surface area contributed by atoms with Crippen molar-refractivity contribution < 1.29 is 22.3 Å². The Labute approximate surface area is 192 Å². The summed E-state index contributed by atoms with van der Waals surface area (Å²) in [5.74, 6) is -0.155. The molecule has 1 fully saturated rings. The molecule has 1 saturated heterocycles. The Balaban J connectivity index is 1.40.